The maximum Gasteiger partial charge on any atom is 0.472 e. The number of hydrogen-bond acceptors (Lipinski definition) is 15. The molecular weight excluding hydrogens is 1320 g/mol. The Hall–Kier alpha value is -1.94. The van der Waals surface area contributed by atoms with Gasteiger partial charge in [-0.15, -0.1) is 0 Å². The highest BCUT2D eigenvalue weighted by molar-refractivity contribution is 7.47. The third-order valence-electron chi connectivity index (χ3n) is 19.1. The van der Waals surface area contributed by atoms with Gasteiger partial charge in [0.25, 0.3) is 0 Å². The van der Waals surface area contributed by atoms with Crippen LogP contribution in [0.1, 0.15) is 427 Å². The van der Waals surface area contributed by atoms with Crippen molar-refractivity contribution in [2.45, 2.75) is 446 Å². The Kier molecular flexibility index (Phi) is 70.9. The molecule has 0 aliphatic heterocycles. The Morgan fingerprint density at radius 3 is 0.673 bits per heavy atom. The lowest BCUT2D eigenvalue weighted by atomic mass is 10.0. The Bertz CT molecular complexity index is 1960. The van der Waals surface area contributed by atoms with Crippen molar-refractivity contribution in [3.05, 3.63) is 0 Å². The van der Waals surface area contributed by atoms with Gasteiger partial charge < -0.3 is 33.8 Å². The van der Waals surface area contributed by atoms with Gasteiger partial charge in [0.1, 0.15) is 19.3 Å². The van der Waals surface area contributed by atoms with Crippen LogP contribution in [0.15, 0.2) is 0 Å². The second kappa shape index (κ2) is 72.3. The van der Waals surface area contributed by atoms with Crippen LogP contribution in [0.4, 0.5) is 0 Å². The van der Waals surface area contributed by atoms with Gasteiger partial charge in [0.2, 0.25) is 0 Å². The van der Waals surface area contributed by atoms with Crippen molar-refractivity contribution in [1.82, 2.24) is 0 Å². The molecule has 19 heteroatoms. The molecule has 0 heterocycles. The lowest BCUT2D eigenvalue weighted by Crippen LogP contribution is -2.30. The van der Waals surface area contributed by atoms with Crippen molar-refractivity contribution in [1.29, 1.82) is 0 Å². The Labute approximate surface area is 619 Å². The van der Waals surface area contributed by atoms with Crippen LogP contribution in [-0.4, -0.2) is 96.7 Å². The van der Waals surface area contributed by atoms with Crippen LogP contribution in [-0.2, 0) is 65.4 Å². The van der Waals surface area contributed by atoms with E-state index in [4.69, 9.17) is 37.0 Å². The van der Waals surface area contributed by atoms with Gasteiger partial charge in [-0.3, -0.25) is 37.3 Å². The second-order valence-electron chi connectivity index (χ2n) is 30.9. The zero-order valence-electron chi connectivity index (χ0n) is 66.4. The number of unbranched alkanes of at least 4 members (excludes halogenated alkanes) is 48. The molecule has 0 saturated heterocycles. The number of ether oxygens (including phenoxy) is 4. The van der Waals surface area contributed by atoms with Crippen LogP contribution >= 0.6 is 15.6 Å². The largest absolute Gasteiger partial charge is 0.472 e. The number of aliphatic hydroxyl groups excluding tert-OH is 1. The standard InChI is InChI=1S/C82H160O17P2/c1-8-9-10-11-12-13-14-15-16-17-18-19-20-21-22-23-28-36-44-51-58-65-81(86)98-77(69-92-79(84)63-56-49-42-35-29-24-26-32-39-46-53-60-73(2)3)71-96-100(88,89)94-67-76(83)68-95-101(90,91)97-72-78(70-93-80(85)64-57-50-43-38-31-34-41-48-55-62-75(6)7)99-82(87)66-59-52-45-37-30-25-27-33-40-47-54-61-74(4)5/h73-78,83H,8-72H2,1-7H3,(H,88,89)(H,90,91)/t76-,77-,78-/m1/s1. The summed E-state index contributed by atoms with van der Waals surface area (Å²) in [5, 5.41) is 10.6. The lowest BCUT2D eigenvalue weighted by molar-refractivity contribution is -0.161. The van der Waals surface area contributed by atoms with Gasteiger partial charge in [-0.2, -0.15) is 0 Å². The first-order chi connectivity index (χ1) is 48.7. The van der Waals surface area contributed by atoms with E-state index < -0.39 is 97.5 Å². The predicted octanol–water partition coefficient (Wildman–Crippen LogP) is 24.5. The summed E-state index contributed by atoms with van der Waals surface area (Å²) < 4.78 is 68.8. The van der Waals surface area contributed by atoms with Gasteiger partial charge in [-0.25, -0.2) is 9.13 Å². The molecule has 0 amide bonds. The van der Waals surface area contributed by atoms with Crippen LogP contribution in [0.2, 0.25) is 0 Å². The summed E-state index contributed by atoms with van der Waals surface area (Å²) in [6.07, 6.45) is 61.1. The number of esters is 4. The van der Waals surface area contributed by atoms with Gasteiger partial charge in [0, 0.05) is 25.7 Å². The first kappa shape index (κ1) is 99.1. The highest BCUT2D eigenvalue weighted by Gasteiger charge is 2.30. The number of hydrogen-bond donors (Lipinski definition) is 3. The zero-order chi connectivity index (χ0) is 74.4. The highest BCUT2D eigenvalue weighted by Crippen LogP contribution is 2.45. The minimum absolute atomic E-state index is 0.106. The van der Waals surface area contributed by atoms with Crippen molar-refractivity contribution in [3.63, 3.8) is 0 Å². The molecule has 0 aromatic heterocycles. The number of rotatable bonds is 80. The third-order valence-corrected chi connectivity index (χ3v) is 21.0. The molecule has 0 fully saturated rings. The first-order valence-electron chi connectivity index (χ1n) is 42.3. The Balaban J connectivity index is 5.24. The van der Waals surface area contributed by atoms with E-state index >= 15 is 0 Å². The fourth-order valence-electron chi connectivity index (χ4n) is 12.7. The molecule has 0 aliphatic carbocycles. The van der Waals surface area contributed by atoms with Crippen molar-refractivity contribution >= 4 is 39.5 Å². The number of phosphoric acid groups is 2. The Morgan fingerprint density at radius 1 is 0.267 bits per heavy atom. The summed E-state index contributed by atoms with van der Waals surface area (Å²) in [7, 11) is -9.92. The fourth-order valence-corrected chi connectivity index (χ4v) is 14.2. The average Bonchev–Trinajstić information content (AvgIpc) is 0.967. The normalized spacial score (nSPS) is 14.0. The molecule has 600 valence electrons. The second-order valence-corrected chi connectivity index (χ2v) is 33.8. The maximum absolute atomic E-state index is 13.1. The molecule has 0 rings (SSSR count). The summed E-state index contributed by atoms with van der Waals surface area (Å²) in [6.45, 7) is 11.9. The summed E-state index contributed by atoms with van der Waals surface area (Å²) in [5.41, 5.74) is 0. The van der Waals surface area contributed by atoms with Gasteiger partial charge in [0.15, 0.2) is 12.2 Å². The van der Waals surface area contributed by atoms with E-state index in [2.05, 4.69) is 48.5 Å². The van der Waals surface area contributed by atoms with Crippen molar-refractivity contribution in [2.75, 3.05) is 39.6 Å². The molecule has 2 unspecified atom stereocenters. The molecule has 17 nitrogen and oxygen atoms in total. The summed E-state index contributed by atoms with van der Waals surface area (Å²) in [5.74, 6) is 0.169. The van der Waals surface area contributed by atoms with E-state index in [0.717, 1.165) is 108 Å². The van der Waals surface area contributed by atoms with Crippen molar-refractivity contribution < 1.29 is 80.2 Å². The van der Waals surface area contributed by atoms with Crippen LogP contribution < -0.4 is 0 Å². The summed E-state index contributed by atoms with van der Waals surface area (Å²) in [4.78, 5) is 73.1. The fraction of sp³-hybridized carbons (Fsp3) is 0.951. The van der Waals surface area contributed by atoms with Gasteiger partial charge in [0.05, 0.1) is 26.4 Å². The van der Waals surface area contributed by atoms with E-state index in [0.29, 0.717) is 25.7 Å². The predicted molar refractivity (Wildman–Crippen MR) is 414 cm³/mol. The molecule has 0 spiro atoms. The molecule has 0 aromatic carbocycles. The maximum atomic E-state index is 13.1. The third kappa shape index (κ3) is 76.1. The van der Waals surface area contributed by atoms with E-state index in [1.807, 2.05) is 0 Å². The quantitative estimate of drug-likeness (QED) is 0.0222. The van der Waals surface area contributed by atoms with Crippen LogP contribution in [0.5, 0.6) is 0 Å². The number of phosphoric ester groups is 2. The average molecular weight is 1480 g/mol. The molecule has 5 atom stereocenters. The molecule has 0 saturated carbocycles. The molecule has 3 N–H and O–H groups in total. The smallest absolute Gasteiger partial charge is 0.462 e. The van der Waals surface area contributed by atoms with Crippen molar-refractivity contribution in [3.8, 4) is 0 Å². The van der Waals surface area contributed by atoms with Crippen LogP contribution in [0.25, 0.3) is 0 Å². The van der Waals surface area contributed by atoms with E-state index in [9.17, 15) is 43.2 Å². The van der Waals surface area contributed by atoms with Gasteiger partial charge in [-0.1, -0.05) is 376 Å². The summed E-state index contributed by atoms with van der Waals surface area (Å²) in [6, 6.07) is 0. The Morgan fingerprint density at radius 2 is 0.455 bits per heavy atom. The highest BCUT2D eigenvalue weighted by atomic mass is 31.2. The van der Waals surface area contributed by atoms with E-state index in [1.165, 1.54) is 238 Å². The minimum Gasteiger partial charge on any atom is -0.462 e. The molecule has 0 bridgehead atoms. The van der Waals surface area contributed by atoms with Crippen LogP contribution in [0, 0.1) is 17.8 Å². The number of aliphatic hydroxyl groups is 1. The van der Waals surface area contributed by atoms with E-state index in [-0.39, 0.29) is 25.7 Å². The lowest BCUT2D eigenvalue weighted by Gasteiger charge is -2.21. The zero-order valence-corrected chi connectivity index (χ0v) is 68.2. The summed E-state index contributed by atoms with van der Waals surface area (Å²) >= 11 is 0. The van der Waals surface area contributed by atoms with Gasteiger partial charge in [-0.05, 0) is 43.4 Å². The van der Waals surface area contributed by atoms with Crippen LogP contribution in [0.3, 0.4) is 0 Å². The first-order valence-corrected chi connectivity index (χ1v) is 45.3. The molecule has 0 radical (unpaired) electrons. The SMILES string of the molecule is CCCCCCCCCCCCCCCCCCCCCCCC(=O)O[C@H](COC(=O)CCCCCCCCCCCCCC(C)C)COP(=O)(O)OC[C@@H](O)COP(=O)(O)OC[C@@H](COC(=O)CCCCCCCCCCCC(C)C)OC(=O)CCCCCCCCCCCCCC(C)C. The van der Waals surface area contributed by atoms with E-state index in [1.54, 1.807) is 0 Å². The molecule has 0 aromatic rings. The van der Waals surface area contributed by atoms with Gasteiger partial charge >= 0.3 is 39.5 Å². The molecule has 101 heavy (non-hydrogen) atoms. The monoisotopic (exact) mass is 1480 g/mol. The number of carbonyl (C=O) groups excluding carboxylic acids is 4. The molecular formula is C82H160O17P2. The number of carbonyl (C=O) groups is 4. The minimum atomic E-state index is -4.96. The van der Waals surface area contributed by atoms with Crippen molar-refractivity contribution in [2.24, 2.45) is 17.8 Å². The molecule has 0 aliphatic rings. The topological polar surface area (TPSA) is 237 Å².